The van der Waals surface area contributed by atoms with Gasteiger partial charge in [-0.25, -0.2) is 0 Å². The Hall–Kier alpha value is -0.890. The molecule has 0 unspecified atom stereocenters. The molecule has 80 valence electrons. The summed E-state index contributed by atoms with van der Waals surface area (Å²) in [6.45, 7) is 0. The van der Waals surface area contributed by atoms with Crippen LogP contribution in [0.3, 0.4) is 0 Å². The Kier molecular flexibility index (Phi) is 3.37. The van der Waals surface area contributed by atoms with Gasteiger partial charge in [-0.1, -0.05) is 30.9 Å². The number of rotatable bonds is 4. The third kappa shape index (κ3) is 2.78. The fourth-order valence-corrected chi connectivity index (χ4v) is 2.04. The van der Waals surface area contributed by atoms with Crippen LogP contribution >= 0.6 is 11.6 Å². The summed E-state index contributed by atoms with van der Waals surface area (Å²) >= 11 is 5.94. The van der Waals surface area contributed by atoms with Gasteiger partial charge in [-0.15, -0.1) is 0 Å². The van der Waals surface area contributed by atoms with Crippen LogP contribution in [0.15, 0.2) is 18.5 Å². The molecule has 2 rings (SSSR count). The van der Waals surface area contributed by atoms with Gasteiger partial charge in [0.15, 0.2) is 0 Å². The molecule has 1 aromatic rings. The van der Waals surface area contributed by atoms with Crippen molar-refractivity contribution in [3.8, 4) is 0 Å². The molecule has 1 aromatic heterocycles. The van der Waals surface area contributed by atoms with E-state index in [0.29, 0.717) is 23.1 Å². The Balaban J connectivity index is 1.90. The highest BCUT2D eigenvalue weighted by Crippen LogP contribution is 2.30. The number of hydrogen-bond acceptors (Lipinski definition) is 2. The zero-order chi connectivity index (χ0) is 10.7. The zero-order valence-electron chi connectivity index (χ0n) is 8.58. The molecule has 0 atom stereocenters. The average Bonchev–Trinajstić information content (AvgIpc) is 2.16. The van der Waals surface area contributed by atoms with Crippen molar-refractivity contribution >= 4 is 17.4 Å². The van der Waals surface area contributed by atoms with Gasteiger partial charge in [-0.3, -0.25) is 9.78 Å². The van der Waals surface area contributed by atoms with E-state index in [1.165, 1.54) is 19.3 Å². The number of hydrogen-bond donors (Lipinski definition) is 0. The van der Waals surface area contributed by atoms with E-state index in [0.717, 1.165) is 12.0 Å². The second-order valence-corrected chi connectivity index (χ2v) is 4.59. The molecule has 0 N–H and O–H groups in total. The number of halogens is 1. The van der Waals surface area contributed by atoms with E-state index in [-0.39, 0.29) is 0 Å². The molecule has 1 aliphatic rings. The van der Waals surface area contributed by atoms with Crippen LogP contribution in [0, 0.1) is 5.92 Å². The second-order valence-electron chi connectivity index (χ2n) is 4.18. The van der Waals surface area contributed by atoms with Gasteiger partial charge < -0.3 is 0 Å². The molecule has 2 nitrogen and oxygen atoms in total. The lowest BCUT2D eigenvalue weighted by atomic mass is 9.81. The monoisotopic (exact) mass is 223 g/mol. The molecular weight excluding hydrogens is 210 g/mol. The average molecular weight is 224 g/mol. The molecule has 0 aliphatic heterocycles. The Morgan fingerprint density at radius 1 is 1.53 bits per heavy atom. The van der Waals surface area contributed by atoms with Crippen molar-refractivity contribution < 1.29 is 4.79 Å². The van der Waals surface area contributed by atoms with Crippen LogP contribution in [0.25, 0.3) is 0 Å². The summed E-state index contributed by atoms with van der Waals surface area (Å²) in [5.74, 6) is 0.936. The molecule has 0 radical (unpaired) electrons. The smallest absolute Gasteiger partial charge is 0.137 e. The molecule has 0 amide bonds. The van der Waals surface area contributed by atoms with E-state index in [2.05, 4.69) is 4.98 Å². The van der Waals surface area contributed by atoms with Crippen LogP contribution < -0.4 is 0 Å². The first-order chi connectivity index (χ1) is 7.25. The van der Waals surface area contributed by atoms with E-state index >= 15 is 0 Å². The molecule has 1 heterocycles. The van der Waals surface area contributed by atoms with Gasteiger partial charge in [0, 0.05) is 25.2 Å². The Morgan fingerprint density at radius 2 is 2.33 bits per heavy atom. The summed E-state index contributed by atoms with van der Waals surface area (Å²) in [5.41, 5.74) is 0.899. The fourth-order valence-electron chi connectivity index (χ4n) is 1.85. The first-order valence-corrected chi connectivity index (χ1v) is 5.73. The highest BCUT2D eigenvalue weighted by Gasteiger charge is 2.20. The third-order valence-corrected chi connectivity index (χ3v) is 3.33. The summed E-state index contributed by atoms with van der Waals surface area (Å²) < 4.78 is 0. The van der Waals surface area contributed by atoms with Crippen LogP contribution in [-0.2, 0) is 11.2 Å². The SMILES string of the molecule is O=C(Cc1ccncc1Cl)CC1CCC1. The first kappa shape index (κ1) is 10.6. The second kappa shape index (κ2) is 4.75. The van der Waals surface area contributed by atoms with Crippen LogP contribution in [0.4, 0.5) is 0 Å². The maximum Gasteiger partial charge on any atom is 0.137 e. The number of nitrogens with zero attached hydrogens (tertiary/aromatic N) is 1. The number of carbonyl (C=O) groups is 1. The lowest BCUT2D eigenvalue weighted by molar-refractivity contribution is -0.119. The van der Waals surface area contributed by atoms with Gasteiger partial charge in [0.05, 0.1) is 5.02 Å². The number of ketones is 1. The van der Waals surface area contributed by atoms with Crippen molar-refractivity contribution in [2.75, 3.05) is 0 Å². The van der Waals surface area contributed by atoms with Crippen molar-refractivity contribution in [3.05, 3.63) is 29.0 Å². The summed E-state index contributed by atoms with van der Waals surface area (Å²) in [7, 11) is 0. The summed E-state index contributed by atoms with van der Waals surface area (Å²) in [6.07, 6.45) is 8.17. The largest absolute Gasteiger partial charge is 0.299 e. The maximum atomic E-state index is 11.7. The third-order valence-electron chi connectivity index (χ3n) is 2.99. The highest BCUT2D eigenvalue weighted by molar-refractivity contribution is 6.31. The summed E-state index contributed by atoms with van der Waals surface area (Å²) in [4.78, 5) is 15.6. The zero-order valence-corrected chi connectivity index (χ0v) is 9.33. The first-order valence-electron chi connectivity index (χ1n) is 5.36. The lowest BCUT2D eigenvalue weighted by Gasteiger charge is -2.24. The molecule has 0 aromatic carbocycles. The van der Waals surface area contributed by atoms with Gasteiger partial charge in [0.25, 0.3) is 0 Å². The van der Waals surface area contributed by atoms with Crippen molar-refractivity contribution in [1.82, 2.24) is 4.98 Å². The fraction of sp³-hybridized carbons (Fsp3) is 0.500. The molecule has 0 bridgehead atoms. The Labute approximate surface area is 94.7 Å². The molecule has 15 heavy (non-hydrogen) atoms. The summed E-state index contributed by atoms with van der Waals surface area (Å²) in [6, 6.07) is 1.82. The predicted octanol–water partition coefficient (Wildman–Crippen LogP) is 3.04. The van der Waals surface area contributed by atoms with Crippen molar-refractivity contribution in [1.29, 1.82) is 0 Å². The Morgan fingerprint density at radius 3 is 2.93 bits per heavy atom. The predicted molar refractivity (Wildman–Crippen MR) is 59.9 cm³/mol. The number of carbonyl (C=O) groups excluding carboxylic acids is 1. The van der Waals surface area contributed by atoms with E-state index in [9.17, 15) is 4.79 Å². The molecule has 1 aliphatic carbocycles. The number of Topliss-reactive ketones (excluding diaryl/α,β-unsaturated/α-hetero) is 1. The van der Waals surface area contributed by atoms with Gasteiger partial charge >= 0.3 is 0 Å². The normalized spacial score (nSPS) is 16.1. The van der Waals surface area contributed by atoms with Crippen molar-refractivity contribution in [3.63, 3.8) is 0 Å². The van der Waals surface area contributed by atoms with E-state index in [1.54, 1.807) is 12.4 Å². The maximum absolute atomic E-state index is 11.7. The van der Waals surface area contributed by atoms with E-state index < -0.39 is 0 Å². The number of aromatic nitrogens is 1. The van der Waals surface area contributed by atoms with Gasteiger partial charge in [-0.05, 0) is 17.5 Å². The minimum absolute atomic E-state index is 0.299. The highest BCUT2D eigenvalue weighted by atomic mass is 35.5. The quantitative estimate of drug-likeness (QED) is 0.786. The van der Waals surface area contributed by atoms with Crippen LogP contribution in [0.2, 0.25) is 5.02 Å². The molecule has 0 saturated heterocycles. The molecular formula is C12H14ClNO. The van der Waals surface area contributed by atoms with E-state index in [1.807, 2.05) is 6.07 Å². The Bertz CT molecular complexity index is 360. The van der Waals surface area contributed by atoms with E-state index in [4.69, 9.17) is 11.6 Å². The van der Waals surface area contributed by atoms with Gasteiger partial charge in [0.1, 0.15) is 5.78 Å². The topological polar surface area (TPSA) is 30.0 Å². The van der Waals surface area contributed by atoms with Crippen molar-refractivity contribution in [2.45, 2.75) is 32.1 Å². The molecule has 0 spiro atoms. The van der Waals surface area contributed by atoms with Gasteiger partial charge in [-0.2, -0.15) is 0 Å². The van der Waals surface area contributed by atoms with Crippen molar-refractivity contribution in [2.24, 2.45) is 5.92 Å². The van der Waals surface area contributed by atoms with Crippen LogP contribution in [0.5, 0.6) is 0 Å². The van der Waals surface area contributed by atoms with Gasteiger partial charge in [0.2, 0.25) is 0 Å². The number of pyridine rings is 1. The van der Waals surface area contributed by atoms with Crippen LogP contribution in [-0.4, -0.2) is 10.8 Å². The minimum atomic E-state index is 0.299. The van der Waals surface area contributed by atoms with Crippen LogP contribution in [0.1, 0.15) is 31.2 Å². The minimum Gasteiger partial charge on any atom is -0.299 e. The molecule has 1 saturated carbocycles. The lowest BCUT2D eigenvalue weighted by Crippen LogP contribution is -2.17. The molecule has 3 heteroatoms. The molecule has 1 fully saturated rings. The standard InChI is InChI=1S/C12H14ClNO/c13-12-8-14-5-4-10(12)7-11(15)6-9-2-1-3-9/h4-5,8-9H,1-3,6-7H2. The summed E-state index contributed by atoms with van der Waals surface area (Å²) in [5, 5.41) is 0.597.